The van der Waals surface area contributed by atoms with Gasteiger partial charge in [-0.25, -0.2) is 0 Å². The fourth-order valence-electron chi connectivity index (χ4n) is 2.94. The molecule has 0 radical (unpaired) electrons. The molecule has 0 aromatic heterocycles. The van der Waals surface area contributed by atoms with Gasteiger partial charge in [0, 0.05) is 6.04 Å². The van der Waals surface area contributed by atoms with Crippen molar-refractivity contribution in [2.75, 3.05) is 6.54 Å². The van der Waals surface area contributed by atoms with Gasteiger partial charge in [0.05, 0.1) is 12.2 Å². The molecule has 2 saturated carbocycles. The van der Waals surface area contributed by atoms with Crippen LogP contribution in [0.1, 0.15) is 44.9 Å². The zero-order valence-corrected chi connectivity index (χ0v) is 9.36. The van der Waals surface area contributed by atoms with Crippen molar-refractivity contribution in [3.05, 3.63) is 0 Å². The van der Waals surface area contributed by atoms with E-state index < -0.39 is 0 Å². The molecule has 0 bridgehead atoms. The van der Waals surface area contributed by atoms with Crippen LogP contribution in [0.2, 0.25) is 0 Å². The van der Waals surface area contributed by atoms with Crippen LogP contribution in [0.4, 0.5) is 0 Å². The lowest BCUT2D eigenvalue weighted by atomic mass is 9.87. The van der Waals surface area contributed by atoms with Gasteiger partial charge in [0.2, 0.25) is 0 Å². The van der Waals surface area contributed by atoms with Crippen molar-refractivity contribution in [3.8, 4) is 0 Å². The van der Waals surface area contributed by atoms with Crippen LogP contribution in [0, 0.1) is 5.92 Å². The Kier molecular flexibility index (Phi) is 4.00. The van der Waals surface area contributed by atoms with Crippen LogP contribution in [0.25, 0.3) is 0 Å². The SMILES string of the molecule is OC1CCCC(CN[C@H]2CCC[C@@H]2O)C1. The Morgan fingerprint density at radius 2 is 1.80 bits per heavy atom. The maximum atomic E-state index is 9.66. The lowest BCUT2D eigenvalue weighted by molar-refractivity contribution is 0.0948. The Labute approximate surface area is 91.9 Å². The van der Waals surface area contributed by atoms with E-state index in [9.17, 15) is 10.2 Å². The van der Waals surface area contributed by atoms with Gasteiger partial charge in [0.25, 0.3) is 0 Å². The summed E-state index contributed by atoms with van der Waals surface area (Å²) in [5, 5.41) is 22.7. The molecular formula is C12H23NO2. The molecule has 4 atom stereocenters. The normalized spacial score (nSPS) is 42.0. The van der Waals surface area contributed by atoms with Crippen molar-refractivity contribution >= 4 is 0 Å². The number of nitrogens with one attached hydrogen (secondary N) is 1. The van der Waals surface area contributed by atoms with Crippen molar-refractivity contribution in [2.45, 2.75) is 63.2 Å². The molecule has 2 aliphatic rings. The second kappa shape index (κ2) is 5.28. The molecule has 88 valence electrons. The van der Waals surface area contributed by atoms with Gasteiger partial charge in [0.1, 0.15) is 0 Å². The Morgan fingerprint density at radius 1 is 1.00 bits per heavy atom. The molecule has 0 saturated heterocycles. The van der Waals surface area contributed by atoms with Crippen LogP contribution in [0.3, 0.4) is 0 Å². The smallest absolute Gasteiger partial charge is 0.0693 e. The summed E-state index contributed by atoms with van der Waals surface area (Å²) in [5.74, 6) is 0.613. The largest absolute Gasteiger partial charge is 0.393 e. The predicted molar refractivity (Wildman–Crippen MR) is 59.6 cm³/mol. The maximum Gasteiger partial charge on any atom is 0.0693 e. The zero-order chi connectivity index (χ0) is 10.7. The Hall–Kier alpha value is -0.120. The van der Waals surface area contributed by atoms with Crippen molar-refractivity contribution in [1.29, 1.82) is 0 Å². The average molecular weight is 213 g/mol. The van der Waals surface area contributed by atoms with Gasteiger partial charge in [-0.1, -0.05) is 6.42 Å². The van der Waals surface area contributed by atoms with Gasteiger partial charge in [-0.05, 0) is 51.0 Å². The van der Waals surface area contributed by atoms with E-state index in [1.165, 1.54) is 6.42 Å². The van der Waals surface area contributed by atoms with E-state index >= 15 is 0 Å². The standard InChI is InChI=1S/C12H23NO2/c14-10-4-1-3-9(7-10)8-13-11-5-2-6-12(11)15/h9-15H,1-8H2/t9?,10?,11-,12-/m0/s1. The molecule has 2 rings (SSSR count). The molecule has 2 aliphatic carbocycles. The minimum absolute atomic E-state index is 0.0842. The minimum atomic E-state index is -0.140. The van der Waals surface area contributed by atoms with Crippen LogP contribution in [0.15, 0.2) is 0 Å². The number of aliphatic hydroxyl groups is 2. The number of hydrogen-bond donors (Lipinski definition) is 3. The fraction of sp³-hybridized carbons (Fsp3) is 1.00. The third-order valence-electron chi connectivity index (χ3n) is 3.90. The monoisotopic (exact) mass is 213 g/mol. The van der Waals surface area contributed by atoms with Gasteiger partial charge in [-0.2, -0.15) is 0 Å². The van der Waals surface area contributed by atoms with E-state index in [1.54, 1.807) is 0 Å². The highest BCUT2D eigenvalue weighted by Gasteiger charge is 2.26. The quantitative estimate of drug-likeness (QED) is 0.656. The molecule has 2 fully saturated rings. The van der Waals surface area contributed by atoms with Crippen molar-refractivity contribution in [1.82, 2.24) is 5.32 Å². The van der Waals surface area contributed by atoms with E-state index in [4.69, 9.17) is 0 Å². The number of rotatable bonds is 3. The molecule has 3 heteroatoms. The van der Waals surface area contributed by atoms with E-state index in [2.05, 4.69) is 5.32 Å². The second-order valence-corrected chi connectivity index (χ2v) is 5.20. The first-order valence-electron chi connectivity index (χ1n) is 6.35. The first-order chi connectivity index (χ1) is 7.25. The van der Waals surface area contributed by atoms with E-state index in [1.807, 2.05) is 0 Å². The van der Waals surface area contributed by atoms with Gasteiger partial charge >= 0.3 is 0 Å². The van der Waals surface area contributed by atoms with Gasteiger partial charge in [-0.15, -0.1) is 0 Å². The Bertz CT molecular complexity index is 198. The Balaban J connectivity index is 1.68. The molecule has 0 aromatic carbocycles. The maximum absolute atomic E-state index is 9.66. The van der Waals surface area contributed by atoms with Crippen LogP contribution >= 0.6 is 0 Å². The fourth-order valence-corrected chi connectivity index (χ4v) is 2.94. The van der Waals surface area contributed by atoms with Gasteiger partial charge in [-0.3, -0.25) is 0 Å². The van der Waals surface area contributed by atoms with Crippen LogP contribution in [0.5, 0.6) is 0 Å². The van der Waals surface area contributed by atoms with Crippen LogP contribution in [-0.2, 0) is 0 Å². The Morgan fingerprint density at radius 3 is 2.47 bits per heavy atom. The summed E-state index contributed by atoms with van der Waals surface area (Å²) in [6.07, 6.45) is 7.28. The summed E-state index contributed by atoms with van der Waals surface area (Å²) < 4.78 is 0. The lowest BCUT2D eigenvalue weighted by Gasteiger charge is -2.28. The topological polar surface area (TPSA) is 52.5 Å². The summed E-state index contributed by atoms with van der Waals surface area (Å²) in [6, 6.07) is 0.309. The predicted octanol–water partition coefficient (Wildman–Crippen LogP) is 1.04. The lowest BCUT2D eigenvalue weighted by Crippen LogP contribution is -2.39. The summed E-state index contributed by atoms with van der Waals surface area (Å²) in [7, 11) is 0. The van der Waals surface area contributed by atoms with Crippen molar-refractivity contribution in [3.63, 3.8) is 0 Å². The molecule has 3 nitrogen and oxygen atoms in total. The first-order valence-corrected chi connectivity index (χ1v) is 6.35. The molecule has 0 amide bonds. The number of aliphatic hydroxyl groups excluding tert-OH is 2. The molecule has 2 unspecified atom stereocenters. The van der Waals surface area contributed by atoms with E-state index in [0.29, 0.717) is 12.0 Å². The molecule has 0 aromatic rings. The molecule has 3 N–H and O–H groups in total. The third kappa shape index (κ3) is 3.16. The molecule has 0 spiro atoms. The minimum Gasteiger partial charge on any atom is -0.393 e. The zero-order valence-electron chi connectivity index (χ0n) is 9.36. The summed E-state index contributed by atoms with van der Waals surface area (Å²) in [6.45, 7) is 0.971. The van der Waals surface area contributed by atoms with E-state index in [-0.39, 0.29) is 12.2 Å². The van der Waals surface area contributed by atoms with Crippen LogP contribution in [-0.4, -0.2) is 35.0 Å². The highest BCUT2D eigenvalue weighted by molar-refractivity contribution is 4.84. The van der Waals surface area contributed by atoms with Gasteiger partial charge in [0.15, 0.2) is 0 Å². The van der Waals surface area contributed by atoms with Gasteiger partial charge < -0.3 is 15.5 Å². The van der Waals surface area contributed by atoms with Crippen LogP contribution < -0.4 is 5.32 Å². The molecule has 15 heavy (non-hydrogen) atoms. The van der Waals surface area contributed by atoms with E-state index in [0.717, 1.165) is 45.1 Å². The second-order valence-electron chi connectivity index (χ2n) is 5.20. The summed E-state index contributed by atoms with van der Waals surface area (Å²) in [5.41, 5.74) is 0. The number of hydrogen-bond acceptors (Lipinski definition) is 3. The highest BCUT2D eigenvalue weighted by Crippen LogP contribution is 2.25. The highest BCUT2D eigenvalue weighted by atomic mass is 16.3. The summed E-state index contributed by atoms with van der Waals surface area (Å²) in [4.78, 5) is 0. The van der Waals surface area contributed by atoms with Crippen molar-refractivity contribution < 1.29 is 10.2 Å². The summed E-state index contributed by atoms with van der Waals surface area (Å²) >= 11 is 0. The average Bonchev–Trinajstić information content (AvgIpc) is 2.61. The third-order valence-corrected chi connectivity index (χ3v) is 3.90. The first kappa shape index (κ1) is 11.4. The molecular weight excluding hydrogens is 190 g/mol. The molecule has 0 aliphatic heterocycles. The van der Waals surface area contributed by atoms with Crippen molar-refractivity contribution in [2.24, 2.45) is 5.92 Å². The molecule has 0 heterocycles.